The number of hydrogen-bond acceptors (Lipinski definition) is 3. The second-order valence-electron chi connectivity index (χ2n) is 6.37. The topological polar surface area (TPSA) is 26.7 Å². The first kappa shape index (κ1) is 14.8. The van der Waals surface area contributed by atoms with Crippen molar-refractivity contribution < 1.29 is 9.50 Å². The Balaban J connectivity index is 1.68. The van der Waals surface area contributed by atoms with Crippen LogP contribution >= 0.6 is 0 Å². The molecule has 2 fully saturated rings. The van der Waals surface area contributed by atoms with E-state index in [4.69, 9.17) is 0 Å². The van der Waals surface area contributed by atoms with Gasteiger partial charge in [0.05, 0.1) is 11.8 Å². The maximum absolute atomic E-state index is 14.3. The summed E-state index contributed by atoms with van der Waals surface area (Å²) >= 11 is 0. The van der Waals surface area contributed by atoms with Crippen LogP contribution in [-0.4, -0.2) is 42.2 Å². The summed E-state index contributed by atoms with van der Waals surface area (Å²) in [6.45, 7) is 5.90. The summed E-state index contributed by atoms with van der Waals surface area (Å²) in [7, 11) is 0. The van der Waals surface area contributed by atoms with Gasteiger partial charge in [-0.15, -0.1) is 0 Å². The zero-order chi connectivity index (χ0) is 14.8. The highest BCUT2D eigenvalue weighted by Crippen LogP contribution is 2.28. The normalized spacial score (nSPS) is 25.3. The molecule has 3 rings (SSSR count). The summed E-state index contributed by atoms with van der Waals surface area (Å²) in [6, 6.07) is 5.68. The van der Waals surface area contributed by atoms with Crippen LogP contribution in [0.2, 0.25) is 0 Å². The van der Waals surface area contributed by atoms with Gasteiger partial charge in [0.1, 0.15) is 5.82 Å². The van der Waals surface area contributed by atoms with Crippen LogP contribution in [0.15, 0.2) is 18.2 Å². The summed E-state index contributed by atoms with van der Waals surface area (Å²) in [5.41, 5.74) is 1.32. The number of piperidine rings is 1. The number of aliphatic hydroxyl groups excluding tert-OH is 1. The minimum atomic E-state index is -0.617. The Labute approximate surface area is 126 Å². The number of anilines is 1. The lowest BCUT2D eigenvalue weighted by Gasteiger charge is -2.32. The lowest BCUT2D eigenvalue weighted by atomic mass is 10.1. The number of halogens is 1. The fourth-order valence-corrected chi connectivity index (χ4v) is 3.58. The van der Waals surface area contributed by atoms with Crippen LogP contribution in [0.3, 0.4) is 0 Å². The molecule has 1 N–H and O–H groups in total. The first-order valence-electron chi connectivity index (χ1n) is 8.11. The molecule has 1 aromatic carbocycles. The summed E-state index contributed by atoms with van der Waals surface area (Å²) in [4.78, 5) is 4.73. The van der Waals surface area contributed by atoms with Gasteiger partial charge in [0.25, 0.3) is 0 Å². The Morgan fingerprint density at radius 2 is 1.95 bits per heavy atom. The average molecular weight is 292 g/mol. The zero-order valence-corrected chi connectivity index (χ0v) is 12.8. The number of aliphatic hydroxyl groups is 1. The van der Waals surface area contributed by atoms with Gasteiger partial charge >= 0.3 is 0 Å². The van der Waals surface area contributed by atoms with E-state index in [0.29, 0.717) is 17.3 Å². The van der Waals surface area contributed by atoms with Crippen molar-refractivity contribution in [3.63, 3.8) is 0 Å². The minimum Gasteiger partial charge on any atom is -0.389 e. The molecule has 0 aromatic heterocycles. The smallest absolute Gasteiger partial charge is 0.146 e. The monoisotopic (exact) mass is 292 g/mol. The van der Waals surface area contributed by atoms with Crippen molar-refractivity contribution in [2.24, 2.45) is 0 Å². The van der Waals surface area contributed by atoms with E-state index >= 15 is 0 Å². The van der Waals surface area contributed by atoms with E-state index in [-0.39, 0.29) is 5.82 Å². The van der Waals surface area contributed by atoms with E-state index in [9.17, 15) is 9.50 Å². The molecule has 116 valence electrons. The summed E-state index contributed by atoms with van der Waals surface area (Å²) in [5, 5.41) is 9.53. The highest BCUT2D eigenvalue weighted by Gasteiger charge is 2.29. The van der Waals surface area contributed by atoms with Crippen LogP contribution in [0, 0.1) is 5.82 Å². The van der Waals surface area contributed by atoms with Gasteiger partial charge in [-0.1, -0.05) is 12.5 Å². The molecule has 0 saturated carbocycles. The molecule has 0 radical (unpaired) electrons. The van der Waals surface area contributed by atoms with Crippen LogP contribution in [0.1, 0.15) is 44.3 Å². The van der Waals surface area contributed by atoms with Gasteiger partial charge in [0.15, 0.2) is 0 Å². The fourth-order valence-electron chi connectivity index (χ4n) is 3.58. The third kappa shape index (κ3) is 3.22. The van der Waals surface area contributed by atoms with Crippen LogP contribution in [0.4, 0.5) is 10.1 Å². The Morgan fingerprint density at radius 1 is 1.19 bits per heavy atom. The van der Waals surface area contributed by atoms with Crippen LogP contribution in [0.25, 0.3) is 0 Å². The molecule has 1 aromatic rings. The molecule has 4 heteroatoms. The van der Waals surface area contributed by atoms with Gasteiger partial charge in [0.2, 0.25) is 0 Å². The molecule has 2 saturated heterocycles. The lowest BCUT2D eigenvalue weighted by Crippen LogP contribution is -2.40. The zero-order valence-electron chi connectivity index (χ0n) is 12.8. The number of hydrogen-bond donors (Lipinski definition) is 1. The number of rotatable bonds is 3. The van der Waals surface area contributed by atoms with Crippen molar-refractivity contribution in [3.8, 4) is 0 Å². The molecule has 0 spiro atoms. The van der Waals surface area contributed by atoms with E-state index in [1.54, 1.807) is 6.92 Å². The molecule has 2 aliphatic heterocycles. The standard InChI is InChI=1S/C17H25FN2O/c1-13(21)14-5-6-17(16(18)11-14)20-10-7-15(12-20)19-8-3-2-4-9-19/h5-6,11,13,15,21H,2-4,7-10,12H2,1H3/t13-,15?/m0/s1. The predicted octanol–water partition coefficient (Wildman–Crippen LogP) is 2.94. The first-order valence-corrected chi connectivity index (χ1v) is 8.11. The van der Waals surface area contributed by atoms with Crippen molar-refractivity contribution in [3.05, 3.63) is 29.6 Å². The van der Waals surface area contributed by atoms with Crippen molar-refractivity contribution in [1.82, 2.24) is 4.90 Å². The number of likely N-dealkylation sites (tertiary alicyclic amines) is 1. The maximum Gasteiger partial charge on any atom is 0.146 e. The largest absolute Gasteiger partial charge is 0.389 e. The molecular weight excluding hydrogens is 267 g/mol. The average Bonchev–Trinajstić information content (AvgIpc) is 2.97. The van der Waals surface area contributed by atoms with Crippen molar-refractivity contribution in [2.75, 3.05) is 31.1 Å². The predicted molar refractivity (Wildman–Crippen MR) is 83.1 cm³/mol. The highest BCUT2D eigenvalue weighted by atomic mass is 19.1. The second-order valence-corrected chi connectivity index (χ2v) is 6.37. The van der Waals surface area contributed by atoms with Gasteiger partial charge in [-0.05, 0) is 57.0 Å². The van der Waals surface area contributed by atoms with E-state index in [1.807, 2.05) is 12.1 Å². The van der Waals surface area contributed by atoms with E-state index < -0.39 is 6.10 Å². The molecule has 21 heavy (non-hydrogen) atoms. The minimum absolute atomic E-state index is 0.215. The second kappa shape index (κ2) is 6.32. The van der Waals surface area contributed by atoms with Crippen LogP contribution in [-0.2, 0) is 0 Å². The third-order valence-corrected chi connectivity index (χ3v) is 4.87. The van der Waals surface area contributed by atoms with Gasteiger partial charge < -0.3 is 10.0 Å². The molecule has 0 bridgehead atoms. The van der Waals surface area contributed by atoms with Crippen LogP contribution < -0.4 is 4.90 Å². The van der Waals surface area contributed by atoms with Crippen molar-refractivity contribution in [1.29, 1.82) is 0 Å². The molecule has 1 unspecified atom stereocenters. The molecule has 2 aliphatic rings. The van der Waals surface area contributed by atoms with E-state index in [1.165, 1.54) is 38.4 Å². The summed E-state index contributed by atoms with van der Waals surface area (Å²) in [5.74, 6) is -0.215. The van der Waals surface area contributed by atoms with Crippen LogP contribution in [0.5, 0.6) is 0 Å². The maximum atomic E-state index is 14.3. The molecule has 0 amide bonds. The highest BCUT2D eigenvalue weighted by molar-refractivity contribution is 5.50. The van der Waals surface area contributed by atoms with Crippen molar-refractivity contribution in [2.45, 2.75) is 44.8 Å². The van der Waals surface area contributed by atoms with Gasteiger partial charge in [-0.2, -0.15) is 0 Å². The summed E-state index contributed by atoms with van der Waals surface area (Å²) < 4.78 is 14.3. The Hall–Kier alpha value is -1.13. The van der Waals surface area contributed by atoms with Crippen molar-refractivity contribution >= 4 is 5.69 Å². The van der Waals surface area contributed by atoms with E-state index in [0.717, 1.165) is 19.5 Å². The molecule has 0 aliphatic carbocycles. The van der Waals surface area contributed by atoms with Gasteiger partial charge in [-0.25, -0.2) is 4.39 Å². The molecule has 2 heterocycles. The fraction of sp³-hybridized carbons (Fsp3) is 0.647. The Kier molecular flexibility index (Phi) is 4.45. The molecular formula is C17H25FN2O. The molecule has 3 nitrogen and oxygen atoms in total. The molecule has 2 atom stereocenters. The van der Waals surface area contributed by atoms with E-state index in [2.05, 4.69) is 9.80 Å². The quantitative estimate of drug-likeness (QED) is 0.928. The summed E-state index contributed by atoms with van der Waals surface area (Å²) in [6.07, 6.45) is 4.45. The third-order valence-electron chi connectivity index (χ3n) is 4.87. The first-order chi connectivity index (χ1) is 10.1. The lowest BCUT2D eigenvalue weighted by molar-refractivity contribution is 0.174. The number of benzene rings is 1. The SMILES string of the molecule is C[C@H](O)c1ccc(N2CCC(N3CCCCC3)C2)c(F)c1. The van der Waals surface area contributed by atoms with Gasteiger partial charge in [0, 0.05) is 19.1 Å². The Morgan fingerprint density at radius 3 is 2.62 bits per heavy atom. The van der Waals surface area contributed by atoms with Gasteiger partial charge in [-0.3, -0.25) is 4.90 Å². The Bertz CT molecular complexity index is 486. The number of nitrogens with zero attached hydrogens (tertiary/aromatic N) is 2.